The van der Waals surface area contributed by atoms with E-state index in [-0.39, 0.29) is 6.10 Å². The minimum absolute atomic E-state index is 0.0601. The Kier molecular flexibility index (Phi) is 6.61. The number of ether oxygens (including phenoxy) is 1. The number of rotatable bonds is 8. The lowest BCUT2D eigenvalue weighted by Crippen LogP contribution is -2.28. The second kappa shape index (κ2) is 9.33. The summed E-state index contributed by atoms with van der Waals surface area (Å²) in [7, 11) is 4.05. The first-order valence-corrected chi connectivity index (χ1v) is 9.54. The molecular weight excluding hydrogens is 348 g/mol. The molecule has 1 heterocycles. The zero-order valence-electron chi connectivity index (χ0n) is 17.0. The van der Waals surface area contributed by atoms with Gasteiger partial charge in [0, 0.05) is 62.5 Å². The van der Waals surface area contributed by atoms with E-state index in [9.17, 15) is 0 Å². The summed E-state index contributed by atoms with van der Waals surface area (Å²) < 4.78 is 6.01. The van der Waals surface area contributed by atoms with Gasteiger partial charge in [-0.2, -0.15) is 0 Å². The molecule has 0 saturated heterocycles. The monoisotopic (exact) mass is 376 g/mol. The van der Waals surface area contributed by atoms with Crippen molar-refractivity contribution in [3.8, 4) is 17.1 Å². The van der Waals surface area contributed by atoms with Crippen LogP contribution in [0.25, 0.3) is 11.4 Å². The second-order valence-corrected chi connectivity index (χ2v) is 7.24. The Morgan fingerprint density at radius 2 is 1.79 bits per heavy atom. The average molecular weight is 377 g/mol. The quantitative estimate of drug-likeness (QED) is 0.642. The summed E-state index contributed by atoms with van der Waals surface area (Å²) in [6, 6.07) is 16.3. The number of aryl methyl sites for hydroxylation is 1. The predicted molar refractivity (Wildman–Crippen MR) is 115 cm³/mol. The number of nitrogens with zero attached hydrogens (tertiary/aromatic N) is 3. The number of nitrogens with one attached hydrogen (secondary N) is 1. The molecule has 5 heteroatoms. The Morgan fingerprint density at radius 3 is 2.50 bits per heavy atom. The first-order chi connectivity index (χ1) is 13.5. The van der Waals surface area contributed by atoms with Gasteiger partial charge in [0.05, 0.1) is 0 Å². The van der Waals surface area contributed by atoms with Crippen LogP contribution in [-0.4, -0.2) is 36.7 Å². The van der Waals surface area contributed by atoms with Gasteiger partial charge in [-0.05, 0) is 32.0 Å². The first-order valence-electron chi connectivity index (χ1n) is 9.54. The highest BCUT2D eigenvalue weighted by Gasteiger charge is 2.06. The van der Waals surface area contributed by atoms with E-state index in [1.54, 1.807) is 0 Å². The molecule has 0 aliphatic carbocycles. The molecule has 3 rings (SSSR count). The van der Waals surface area contributed by atoms with Crippen LogP contribution < -0.4 is 15.0 Å². The van der Waals surface area contributed by atoms with Crippen molar-refractivity contribution >= 4 is 5.69 Å². The number of aromatic nitrogens is 2. The normalized spacial score (nSPS) is 11.9. The van der Waals surface area contributed by atoms with Crippen LogP contribution >= 0.6 is 0 Å². The summed E-state index contributed by atoms with van der Waals surface area (Å²) >= 11 is 0. The Labute approximate surface area is 167 Å². The van der Waals surface area contributed by atoms with Gasteiger partial charge >= 0.3 is 0 Å². The van der Waals surface area contributed by atoms with E-state index >= 15 is 0 Å². The van der Waals surface area contributed by atoms with E-state index in [1.807, 2.05) is 56.8 Å². The predicted octanol–water partition coefficient (Wildman–Crippen LogP) is 4.08. The first kappa shape index (κ1) is 19.8. The number of hydrogen-bond donors (Lipinski definition) is 1. The zero-order valence-corrected chi connectivity index (χ0v) is 17.0. The van der Waals surface area contributed by atoms with Crippen LogP contribution in [0, 0.1) is 6.92 Å². The van der Waals surface area contributed by atoms with Crippen LogP contribution in [0.3, 0.4) is 0 Å². The van der Waals surface area contributed by atoms with Gasteiger partial charge in [0.2, 0.25) is 0 Å². The third-order valence-corrected chi connectivity index (χ3v) is 4.41. The highest BCUT2D eigenvalue weighted by molar-refractivity contribution is 5.55. The fraction of sp³-hybridized carbons (Fsp3) is 0.304. The largest absolute Gasteiger partial charge is 0.489 e. The Morgan fingerprint density at radius 1 is 1.04 bits per heavy atom. The summed E-state index contributed by atoms with van der Waals surface area (Å²) in [5, 5.41) is 3.41. The van der Waals surface area contributed by atoms with E-state index in [0.29, 0.717) is 6.54 Å². The van der Waals surface area contributed by atoms with Crippen molar-refractivity contribution in [2.24, 2.45) is 0 Å². The fourth-order valence-corrected chi connectivity index (χ4v) is 2.91. The van der Waals surface area contributed by atoms with E-state index in [0.717, 1.165) is 34.9 Å². The van der Waals surface area contributed by atoms with Gasteiger partial charge in [0.1, 0.15) is 11.9 Å². The molecular formula is C23H28N4O. The van der Waals surface area contributed by atoms with Crippen molar-refractivity contribution in [3.05, 3.63) is 72.1 Å². The second-order valence-electron chi connectivity index (χ2n) is 7.24. The number of benzene rings is 2. The molecule has 2 aromatic carbocycles. The molecule has 0 spiro atoms. The van der Waals surface area contributed by atoms with Gasteiger partial charge in [-0.15, -0.1) is 0 Å². The van der Waals surface area contributed by atoms with Gasteiger partial charge in [-0.25, -0.2) is 9.97 Å². The van der Waals surface area contributed by atoms with Crippen LogP contribution in [-0.2, 0) is 6.54 Å². The molecule has 0 radical (unpaired) electrons. The summed E-state index contributed by atoms with van der Waals surface area (Å²) in [5.41, 5.74) is 4.43. The minimum atomic E-state index is 0.0601. The average Bonchev–Trinajstić information content (AvgIpc) is 2.68. The maximum absolute atomic E-state index is 6.01. The smallest absolute Gasteiger partial charge is 0.159 e. The molecule has 0 aliphatic heterocycles. The van der Waals surface area contributed by atoms with Gasteiger partial charge in [0.25, 0.3) is 0 Å². The number of anilines is 1. The maximum atomic E-state index is 6.01. The molecule has 3 aromatic rings. The molecule has 0 fully saturated rings. The maximum Gasteiger partial charge on any atom is 0.159 e. The molecule has 146 valence electrons. The SMILES string of the molecule is Cc1cccc(-c2ncc(CNC[C@H](C)Oc3cccc(N(C)C)c3)cn2)c1. The zero-order chi connectivity index (χ0) is 19.9. The van der Waals surface area contributed by atoms with Crippen molar-refractivity contribution in [2.75, 3.05) is 25.5 Å². The van der Waals surface area contributed by atoms with Gasteiger partial charge in [-0.1, -0.05) is 29.8 Å². The molecule has 1 N–H and O–H groups in total. The van der Waals surface area contributed by atoms with Gasteiger partial charge in [-0.3, -0.25) is 0 Å². The summed E-state index contributed by atoms with van der Waals surface area (Å²) in [4.78, 5) is 11.1. The topological polar surface area (TPSA) is 50.3 Å². The lowest BCUT2D eigenvalue weighted by molar-refractivity contribution is 0.217. The van der Waals surface area contributed by atoms with E-state index in [4.69, 9.17) is 4.74 Å². The molecule has 0 amide bonds. The van der Waals surface area contributed by atoms with Crippen molar-refractivity contribution in [1.29, 1.82) is 0 Å². The van der Waals surface area contributed by atoms with Crippen LogP contribution in [0.5, 0.6) is 5.75 Å². The van der Waals surface area contributed by atoms with Gasteiger partial charge in [0.15, 0.2) is 5.82 Å². The third kappa shape index (κ3) is 5.54. The summed E-state index contributed by atoms with van der Waals surface area (Å²) in [5.74, 6) is 1.64. The van der Waals surface area contributed by atoms with E-state index < -0.39 is 0 Å². The molecule has 0 saturated carbocycles. The highest BCUT2D eigenvalue weighted by Crippen LogP contribution is 2.20. The molecule has 0 bridgehead atoms. The van der Waals surface area contributed by atoms with E-state index in [1.165, 1.54) is 5.56 Å². The summed E-state index contributed by atoms with van der Waals surface area (Å²) in [6.07, 6.45) is 3.82. The Bertz CT molecular complexity index is 893. The molecule has 28 heavy (non-hydrogen) atoms. The Balaban J connectivity index is 1.49. The van der Waals surface area contributed by atoms with Crippen LogP contribution in [0.2, 0.25) is 0 Å². The molecule has 5 nitrogen and oxygen atoms in total. The van der Waals surface area contributed by atoms with E-state index in [2.05, 4.69) is 52.2 Å². The molecule has 0 unspecified atom stereocenters. The lowest BCUT2D eigenvalue weighted by Gasteiger charge is -2.18. The highest BCUT2D eigenvalue weighted by atomic mass is 16.5. The van der Waals surface area contributed by atoms with Crippen LogP contribution in [0.1, 0.15) is 18.1 Å². The fourth-order valence-electron chi connectivity index (χ4n) is 2.91. The van der Waals surface area contributed by atoms with Crippen molar-refractivity contribution < 1.29 is 4.74 Å². The molecule has 1 aromatic heterocycles. The standard InChI is InChI=1S/C23H28N4O/c1-17-7-5-8-20(11-17)23-25-15-19(16-26-23)14-24-13-18(2)28-22-10-6-9-21(12-22)27(3)4/h5-12,15-16,18,24H,13-14H2,1-4H3/t18-/m0/s1. The minimum Gasteiger partial charge on any atom is -0.489 e. The van der Waals surface area contributed by atoms with Crippen molar-refractivity contribution in [1.82, 2.24) is 15.3 Å². The lowest BCUT2D eigenvalue weighted by atomic mass is 10.1. The van der Waals surface area contributed by atoms with Crippen LogP contribution in [0.4, 0.5) is 5.69 Å². The van der Waals surface area contributed by atoms with Gasteiger partial charge < -0.3 is 15.0 Å². The number of hydrogen-bond acceptors (Lipinski definition) is 5. The van der Waals surface area contributed by atoms with Crippen molar-refractivity contribution in [2.45, 2.75) is 26.5 Å². The van der Waals surface area contributed by atoms with Crippen LogP contribution in [0.15, 0.2) is 60.9 Å². The Hall–Kier alpha value is -2.92. The summed E-state index contributed by atoms with van der Waals surface area (Å²) in [6.45, 7) is 5.58. The third-order valence-electron chi connectivity index (χ3n) is 4.41. The van der Waals surface area contributed by atoms with Crippen molar-refractivity contribution in [3.63, 3.8) is 0 Å². The molecule has 0 aliphatic rings. The molecule has 1 atom stereocenters.